The summed E-state index contributed by atoms with van der Waals surface area (Å²) in [6, 6.07) is 4.04. The minimum absolute atomic E-state index is 0.0855. The summed E-state index contributed by atoms with van der Waals surface area (Å²) in [5.41, 5.74) is 1.18. The van der Waals surface area contributed by atoms with Crippen LogP contribution in [0.2, 0.25) is 0 Å². The van der Waals surface area contributed by atoms with E-state index < -0.39 is 0 Å². The number of pyridine rings is 1. The van der Waals surface area contributed by atoms with Crippen molar-refractivity contribution in [3.63, 3.8) is 0 Å². The predicted octanol–water partition coefficient (Wildman–Crippen LogP) is 1.40. The van der Waals surface area contributed by atoms with Crippen molar-refractivity contribution in [1.29, 1.82) is 0 Å². The molecule has 0 spiro atoms. The first-order valence-corrected chi connectivity index (χ1v) is 7.25. The first kappa shape index (κ1) is 12.6. The molecule has 3 rings (SSSR count). The van der Waals surface area contributed by atoms with Crippen LogP contribution >= 0.6 is 0 Å². The molecule has 1 aromatic heterocycles. The minimum atomic E-state index is 0.0855. The zero-order chi connectivity index (χ0) is 13.1. The molecule has 102 valence electrons. The van der Waals surface area contributed by atoms with Crippen molar-refractivity contribution >= 4 is 5.91 Å². The molecule has 0 saturated carbocycles. The predicted molar refractivity (Wildman–Crippen MR) is 73.8 cm³/mol. The molecule has 2 aliphatic rings. The number of aromatic nitrogens is 1. The Balaban J connectivity index is 1.74. The van der Waals surface area contributed by atoms with E-state index in [0.29, 0.717) is 5.91 Å². The van der Waals surface area contributed by atoms with Crippen molar-refractivity contribution in [1.82, 2.24) is 15.2 Å². The van der Waals surface area contributed by atoms with Gasteiger partial charge in [-0.15, -0.1) is 0 Å². The largest absolute Gasteiger partial charge is 0.342 e. The lowest BCUT2D eigenvalue weighted by Gasteiger charge is -2.30. The summed E-state index contributed by atoms with van der Waals surface area (Å²) in [5, 5.41) is 3.37. The summed E-state index contributed by atoms with van der Waals surface area (Å²) < 4.78 is 0. The first-order chi connectivity index (χ1) is 9.36. The zero-order valence-corrected chi connectivity index (χ0v) is 11.2. The van der Waals surface area contributed by atoms with E-state index in [4.69, 9.17) is 0 Å². The summed E-state index contributed by atoms with van der Waals surface area (Å²) in [5.74, 6) is 0.698. The summed E-state index contributed by atoms with van der Waals surface area (Å²) in [6.45, 7) is 3.56. The Morgan fingerprint density at radius 3 is 2.84 bits per heavy atom. The monoisotopic (exact) mass is 259 g/mol. The quantitative estimate of drug-likeness (QED) is 0.873. The SMILES string of the molecule is O=C(C1CNC[C@H]1c1cccnc1)N1CCCCC1. The van der Waals surface area contributed by atoms with Gasteiger partial charge in [-0.3, -0.25) is 9.78 Å². The van der Waals surface area contributed by atoms with Gasteiger partial charge in [-0.2, -0.15) is 0 Å². The number of nitrogens with zero attached hydrogens (tertiary/aromatic N) is 2. The van der Waals surface area contributed by atoms with Gasteiger partial charge in [0.15, 0.2) is 0 Å². The summed E-state index contributed by atoms with van der Waals surface area (Å²) in [4.78, 5) is 18.9. The molecule has 0 bridgehead atoms. The highest BCUT2D eigenvalue weighted by molar-refractivity contribution is 5.80. The summed E-state index contributed by atoms with van der Waals surface area (Å²) >= 11 is 0. The van der Waals surface area contributed by atoms with Gasteiger partial charge in [0.25, 0.3) is 0 Å². The molecular weight excluding hydrogens is 238 g/mol. The number of nitrogens with one attached hydrogen (secondary N) is 1. The fraction of sp³-hybridized carbons (Fsp3) is 0.600. The van der Waals surface area contributed by atoms with E-state index in [-0.39, 0.29) is 11.8 Å². The van der Waals surface area contributed by atoms with Gasteiger partial charge in [0.2, 0.25) is 5.91 Å². The number of rotatable bonds is 2. The van der Waals surface area contributed by atoms with Gasteiger partial charge in [0, 0.05) is 44.5 Å². The Morgan fingerprint density at radius 1 is 1.26 bits per heavy atom. The number of hydrogen-bond acceptors (Lipinski definition) is 3. The average molecular weight is 259 g/mol. The third-order valence-electron chi connectivity index (χ3n) is 4.31. The zero-order valence-electron chi connectivity index (χ0n) is 11.2. The molecule has 0 aliphatic carbocycles. The Labute approximate surface area is 114 Å². The lowest BCUT2D eigenvalue weighted by Crippen LogP contribution is -2.41. The third-order valence-corrected chi connectivity index (χ3v) is 4.31. The van der Waals surface area contributed by atoms with E-state index in [1.165, 1.54) is 12.0 Å². The molecule has 1 amide bonds. The topological polar surface area (TPSA) is 45.2 Å². The van der Waals surface area contributed by atoms with E-state index in [1.807, 2.05) is 12.3 Å². The molecule has 2 fully saturated rings. The van der Waals surface area contributed by atoms with Gasteiger partial charge in [-0.25, -0.2) is 0 Å². The second kappa shape index (κ2) is 5.70. The first-order valence-electron chi connectivity index (χ1n) is 7.25. The van der Waals surface area contributed by atoms with Crippen molar-refractivity contribution in [2.75, 3.05) is 26.2 Å². The molecule has 2 aliphatic heterocycles. The molecule has 0 aromatic carbocycles. The van der Waals surface area contributed by atoms with Crippen LogP contribution in [-0.4, -0.2) is 42.0 Å². The minimum Gasteiger partial charge on any atom is -0.342 e. The van der Waals surface area contributed by atoms with Crippen molar-refractivity contribution in [2.45, 2.75) is 25.2 Å². The molecule has 3 heterocycles. The Hall–Kier alpha value is -1.42. The van der Waals surface area contributed by atoms with Gasteiger partial charge in [0.1, 0.15) is 0 Å². The highest BCUT2D eigenvalue weighted by Gasteiger charge is 2.36. The van der Waals surface area contributed by atoms with Crippen LogP contribution < -0.4 is 5.32 Å². The van der Waals surface area contributed by atoms with Gasteiger partial charge >= 0.3 is 0 Å². The third kappa shape index (κ3) is 2.63. The second-order valence-corrected chi connectivity index (χ2v) is 5.54. The molecule has 2 saturated heterocycles. The van der Waals surface area contributed by atoms with E-state index in [2.05, 4.69) is 21.3 Å². The van der Waals surface area contributed by atoms with Crippen LogP contribution in [0.3, 0.4) is 0 Å². The molecular formula is C15H21N3O. The van der Waals surface area contributed by atoms with Gasteiger partial charge < -0.3 is 10.2 Å². The fourth-order valence-electron chi connectivity index (χ4n) is 3.23. The Morgan fingerprint density at radius 2 is 2.11 bits per heavy atom. The number of piperidine rings is 1. The van der Waals surface area contributed by atoms with Gasteiger partial charge in [-0.1, -0.05) is 6.07 Å². The number of carbonyl (C=O) groups excluding carboxylic acids is 1. The summed E-state index contributed by atoms with van der Waals surface area (Å²) in [6.07, 6.45) is 7.26. The maximum absolute atomic E-state index is 12.6. The lowest BCUT2D eigenvalue weighted by atomic mass is 9.88. The molecule has 4 heteroatoms. The van der Waals surface area contributed by atoms with Crippen molar-refractivity contribution in [3.8, 4) is 0 Å². The molecule has 1 aromatic rings. The van der Waals surface area contributed by atoms with Crippen LogP contribution in [0, 0.1) is 5.92 Å². The summed E-state index contributed by atoms with van der Waals surface area (Å²) in [7, 11) is 0. The number of hydrogen-bond donors (Lipinski definition) is 1. The van der Waals surface area contributed by atoms with Crippen molar-refractivity contribution < 1.29 is 4.79 Å². The molecule has 19 heavy (non-hydrogen) atoms. The number of likely N-dealkylation sites (tertiary alicyclic amines) is 1. The molecule has 2 atom stereocenters. The normalized spacial score (nSPS) is 27.5. The lowest BCUT2D eigenvalue weighted by molar-refractivity contribution is -0.136. The maximum atomic E-state index is 12.6. The number of amides is 1. The van der Waals surface area contributed by atoms with Crippen molar-refractivity contribution in [2.24, 2.45) is 5.92 Å². The smallest absolute Gasteiger partial charge is 0.227 e. The van der Waals surface area contributed by atoms with Crippen LogP contribution in [0.5, 0.6) is 0 Å². The van der Waals surface area contributed by atoms with Gasteiger partial charge in [-0.05, 0) is 30.9 Å². The van der Waals surface area contributed by atoms with Gasteiger partial charge in [0.05, 0.1) is 5.92 Å². The molecule has 1 N–H and O–H groups in total. The second-order valence-electron chi connectivity index (χ2n) is 5.54. The van der Waals surface area contributed by atoms with Crippen LogP contribution in [-0.2, 0) is 4.79 Å². The van der Waals surface area contributed by atoms with Crippen LogP contribution in [0.25, 0.3) is 0 Å². The van der Waals surface area contributed by atoms with Crippen LogP contribution in [0.4, 0.5) is 0 Å². The van der Waals surface area contributed by atoms with E-state index in [0.717, 1.165) is 39.0 Å². The highest BCUT2D eigenvalue weighted by Crippen LogP contribution is 2.29. The number of carbonyl (C=O) groups is 1. The van der Waals surface area contributed by atoms with Crippen LogP contribution in [0.15, 0.2) is 24.5 Å². The molecule has 0 radical (unpaired) electrons. The maximum Gasteiger partial charge on any atom is 0.227 e. The van der Waals surface area contributed by atoms with Crippen LogP contribution in [0.1, 0.15) is 30.7 Å². The van der Waals surface area contributed by atoms with E-state index in [1.54, 1.807) is 6.20 Å². The van der Waals surface area contributed by atoms with E-state index >= 15 is 0 Å². The Bertz CT molecular complexity index is 428. The van der Waals surface area contributed by atoms with Crippen molar-refractivity contribution in [3.05, 3.63) is 30.1 Å². The molecule has 1 unspecified atom stereocenters. The Kier molecular flexibility index (Phi) is 3.78. The fourth-order valence-corrected chi connectivity index (χ4v) is 3.23. The standard InChI is InChI=1S/C15H21N3O/c19-15(18-7-2-1-3-8-18)14-11-17-10-13(14)12-5-4-6-16-9-12/h4-6,9,13-14,17H,1-3,7-8,10-11H2/t13-,14?/m0/s1. The average Bonchev–Trinajstić information content (AvgIpc) is 2.98. The molecule has 4 nitrogen and oxygen atoms in total. The highest BCUT2D eigenvalue weighted by atomic mass is 16.2. The van der Waals surface area contributed by atoms with E-state index in [9.17, 15) is 4.79 Å².